The lowest BCUT2D eigenvalue weighted by atomic mass is 10.0. The molecule has 2 heterocycles. The first-order valence-corrected chi connectivity index (χ1v) is 13.3. The van der Waals surface area contributed by atoms with Crippen LogP contribution in [0.25, 0.3) is 26.2 Å². The van der Waals surface area contributed by atoms with Crippen LogP contribution in [0.2, 0.25) is 0 Å². The molecule has 2 aliphatic rings. The van der Waals surface area contributed by atoms with Crippen LogP contribution in [0.4, 0.5) is 21.3 Å². The van der Waals surface area contributed by atoms with Gasteiger partial charge in [0.15, 0.2) is 10.8 Å². The van der Waals surface area contributed by atoms with Gasteiger partial charge in [-0.2, -0.15) is 5.06 Å². The number of urea groups is 1. The fourth-order valence-electron chi connectivity index (χ4n) is 4.56. The highest BCUT2D eigenvalue weighted by Gasteiger charge is 2.32. The average molecular weight is 524 g/mol. The zero-order valence-electron chi connectivity index (χ0n) is 20.7. The lowest BCUT2D eigenvalue weighted by Gasteiger charge is -2.24. The molecule has 9 heteroatoms. The summed E-state index contributed by atoms with van der Waals surface area (Å²) in [5.74, 6) is 0.179. The number of hydroxylamine groups is 2. The molecule has 2 N–H and O–H groups in total. The Hall–Kier alpha value is -4.26. The number of rotatable bonds is 5. The molecule has 190 valence electrons. The van der Waals surface area contributed by atoms with E-state index in [0.29, 0.717) is 29.5 Å². The highest BCUT2D eigenvalue weighted by Crippen LogP contribution is 2.35. The lowest BCUT2D eigenvalue weighted by Crippen LogP contribution is -2.33. The van der Waals surface area contributed by atoms with Crippen molar-refractivity contribution in [2.45, 2.75) is 32.2 Å². The van der Waals surface area contributed by atoms with Gasteiger partial charge >= 0.3 is 6.03 Å². The normalized spacial score (nSPS) is 16.8. The maximum absolute atomic E-state index is 13.2. The molecular weight excluding hydrogens is 498 g/mol. The van der Waals surface area contributed by atoms with E-state index in [1.54, 1.807) is 12.1 Å². The number of hydrogen-bond acceptors (Lipinski definition) is 5. The van der Waals surface area contributed by atoms with E-state index in [-0.39, 0.29) is 23.9 Å². The number of hydrogen-bond donors (Lipinski definition) is 2. The Morgan fingerprint density at radius 2 is 1.79 bits per heavy atom. The maximum atomic E-state index is 13.2. The summed E-state index contributed by atoms with van der Waals surface area (Å²) < 4.78 is 0.984. The molecular formula is C29H25N5O3S. The number of aromatic nitrogens is 1. The number of amides is 3. The van der Waals surface area contributed by atoms with Gasteiger partial charge in [0.25, 0.3) is 0 Å². The number of benzene rings is 3. The molecule has 8 nitrogen and oxygen atoms in total. The summed E-state index contributed by atoms with van der Waals surface area (Å²) in [5.41, 5.74) is 5.92. The van der Waals surface area contributed by atoms with Gasteiger partial charge in [0, 0.05) is 18.0 Å². The number of carbonyl (C=O) groups excluding carboxylic acids is 2. The first kappa shape index (κ1) is 24.1. The Kier molecular flexibility index (Phi) is 6.27. The van der Waals surface area contributed by atoms with E-state index in [2.05, 4.69) is 26.5 Å². The van der Waals surface area contributed by atoms with Crippen molar-refractivity contribution in [3.63, 3.8) is 0 Å². The number of anilines is 2. The molecule has 1 saturated carbocycles. The fourth-order valence-corrected chi connectivity index (χ4v) is 5.47. The molecule has 0 spiro atoms. The molecule has 1 aromatic heterocycles. The Bertz CT molecular complexity index is 1590. The maximum Gasteiger partial charge on any atom is 0.346 e. The van der Waals surface area contributed by atoms with E-state index in [4.69, 9.17) is 11.4 Å². The summed E-state index contributed by atoms with van der Waals surface area (Å²) in [5, 5.41) is 7.96. The zero-order valence-corrected chi connectivity index (χ0v) is 21.5. The Morgan fingerprint density at radius 3 is 2.55 bits per heavy atom. The van der Waals surface area contributed by atoms with Gasteiger partial charge in [0.2, 0.25) is 5.91 Å². The monoisotopic (exact) mass is 523 g/mol. The summed E-state index contributed by atoms with van der Waals surface area (Å²) in [6.45, 7) is 9.54. The van der Waals surface area contributed by atoms with Crippen molar-refractivity contribution in [1.29, 1.82) is 0 Å². The Morgan fingerprint density at radius 1 is 1.03 bits per heavy atom. The number of carbonyl (C=O) groups is 2. The predicted molar refractivity (Wildman–Crippen MR) is 148 cm³/mol. The van der Waals surface area contributed by atoms with E-state index in [1.807, 2.05) is 49.4 Å². The highest BCUT2D eigenvalue weighted by atomic mass is 32.1. The van der Waals surface area contributed by atoms with Crippen molar-refractivity contribution in [3.8, 4) is 11.1 Å². The molecule has 1 atom stereocenters. The molecule has 0 unspecified atom stereocenters. The minimum atomic E-state index is -0.337. The van der Waals surface area contributed by atoms with Crippen LogP contribution in [0.15, 0.2) is 60.7 Å². The molecule has 0 radical (unpaired) electrons. The molecule has 4 aromatic rings. The smallest absolute Gasteiger partial charge is 0.306 e. The van der Waals surface area contributed by atoms with Gasteiger partial charge in [0.05, 0.1) is 29.4 Å². The number of aryl methyl sites for hydroxylation is 1. The number of nitrogens with zero attached hydrogens (tertiary/aromatic N) is 3. The molecule has 2 fully saturated rings. The first-order chi connectivity index (χ1) is 18.5. The van der Waals surface area contributed by atoms with Gasteiger partial charge < -0.3 is 10.6 Å². The van der Waals surface area contributed by atoms with Crippen LogP contribution in [-0.4, -0.2) is 28.6 Å². The topological polar surface area (TPSA) is 87.9 Å². The third-order valence-electron chi connectivity index (χ3n) is 6.89. The minimum Gasteiger partial charge on any atom is -0.306 e. The second kappa shape index (κ2) is 9.89. The van der Waals surface area contributed by atoms with Crippen LogP contribution in [0.5, 0.6) is 0 Å². The number of fused-ring (bicyclic) bond motifs is 1. The molecule has 1 saturated heterocycles. The summed E-state index contributed by atoms with van der Waals surface area (Å²) in [6, 6.07) is 18.7. The number of nitrogens with one attached hydrogen (secondary N) is 2. The van der Waals surface area contributed by atoms with Gasteiger partial charge in [-0.3, -0.25) is 9.63 Å². The van der Waals surface area contributed by atoms with E-state index in [9.17, 15) is 9.59 Å². The van der Waals surface area contributed by atoms with Gasteiger partial charge in [0.1, 0.15) is 0 Å². The Balaban J connectivity index is 1.21. The average Bonchev–Trinajstić information content (AvgIpc) is 3.53. The third-order valence-corrected chi connectivity index (χ3v) is 7.82. The zero-order chi connectivity index (χ0) is 26.2. The van der Waals surface area contributed by atoms with Crippen molar-refractivity contribution in [3.05, 3.63) is 83.2 Å². The summed E-state index contributed by atoms with van der Waals surface area (Å²) >= 11 is 1.46. The highest BCUT2D eigenvalue weighted by molar-refractivity contribution is 7.22. The minimum absolute atomic E-state index is 0.0489. The third kappa shape index (κ3) is 4.84. The van der Waals surface area contributed by atoms with Crippen LogP contribution < -0.4 is 10.6 Å². The number of thiazole rings is 1. The lowest BCUT2D eigenvalue weighted by molar-refractivity contribution is -0.117. The van der Waals surface area contributed by atoms with Gasteiger partial charge in [-0.15, -0.1) is 0 Å². The van der Waals surface area contributed by atoms with Gasteiger partial charge in [-0.1, -0.05) is 53.8 Å². The molecule has 38 heavy (non-hydrogen) atoms. The molecule has 1 aliphatic heterocycles. The standard InChI is InChI=1S/C29H25N5O3S/c1-17-3-4-20(21-9-12-23-26(16-21)38-28(31-23)33-27(35)19-5-6-19)15-24(17)32-29(36)34-25(13-14-37-34)18-7-10-22(30-2)11-8-18/h3-4,7-12,15-16,19,25H,5-6,13-14H2,1H3,(H,32,36)(H,31,33,35)/t25-/m0/s1. The van der Waals surface area contributed by atoms with Crippen molar-refractivity contribution in [2.75, 3.05) is 17.2 Å². The molecule has 1 aliphatic carbocycles. The van der Waals surface area contributed by atoms with Crippen LogP contribution in [0.3, 0.4) is 0 Å². The van der Waals surface area contributed by atoms with E-state index in [0.717, 1.165) is 45.3 Å². The fraction of sp³-hybridized carbons (Fsp3) is 0.241. The second-order valence-corrected chi connectivity index (χ2v) is 10.6. The van der Waals surface area contributed by atoms with Crippen molar-refractivity contribution >= 4 is 50.0 Å². The van der Waals surface area contributed by atoms with Crippen LogP contribution in [0.1, 0.15) is 36.4 Å². The van der Waals surface area contributed by atoms with Crippen LogP contribution in [0, 0.1) is 19.4 Å². The first-order valence-electron chi connectivity index (χ1n) is 12.5. The second-order valence-electron chi connectivity index (χ2n) is 9.59. The van der Waals surface area contributed by atoms with Gasteiger partial charge in [-0.25, -0.2) is 14.6 Å². The molecule has 0 bridgehead atoms. The van der Waals surface area contributed by atoms with Crippen molar-refractivity contribution in [2.24, 2.45) is 5.92 Å². The van der Waals surface area contributed by atoms with Crippen LogP contribution >= 0.6 is 11.3 Å². The largest absolute Gasteiger partial charge is 0.346 e. The Labute approximate surface area is 224 Å². The van der Waals surface area contributed by atoms with E-state index >= 15 is 0 Å². The van der Waals surface area contributed by atoms with Gasteiger partial charge in [-0.05, 0) is 60.2 Å². The molecule has 6 rings (SSSR count). The SMILES string of the molecule is [C-]#[N+]c1ccc([C@@H]2CCON2C(=O)Nc2cc(-c3ccc4nc(NC(=O)C5CC5)sc4c3)ccc2C)cc1. The predicted octanol–water partition coefficient (Wildman–Crippen LogP) is 7.08. The van der Waals surface area contributed by atoms with E-state index in [1.165, 1.54) is 16.4 Å². The molecule has 3 amide bonds. The summed E-state index contributed by atoms with van der Waals surface area (Å²) in [6.07, 6.45) is 2.59. The van der Waals surface area contributed by atoms with Crippen LogP contribution in [-0.2, 0) is 9.63 Å². The summed E-state index contributed by atoms with van der Waals surface area (Å²) in [4.78, 5) is 39.0. The summed E-state index contributed by atoms with van der Waals surface area (Å²) in [7, 11) is 0. The van der Waals surface area contributed by atoms with Crippen molar-refractivity contribution < 1.29 is 14.4 Å². The van der Waals surface area contributed by atoms with E-state index < -0.39 is 0 Å². The van der Waals surface area contributed by atoms with Crippen molar-refractivity contribution in [1.82, 2.24) is 10.0 Å². The quantitative estimate of drug-likeness (QED) is 0.274. The molecule has 3 aromatic carbocycles.